The lowest BCUT2D eigenvalue weighted by atomic mass is 9.95. The Labute approximate surface area is 325 Å². The summed E-state index contributed by atoms with van der Waals surface area (Å²) in [6.45, 7) is 0. The number of rotatable bonds is 4. The van der Waals surface area contributed by atoms with Gasteiger partial charge in [0, 0.05) is 47.6 Å². The van der Waals surface area contributed by atoms with Gasteiger partial charge in [-0.15, -0.1) is 11.3 Å². The molecule has 3 nitrogen and oxygen atoms in total. The summed E-state index contributed by atoms with van der Waals surface area (Å²) in [4.78, 5) is 10.9. The van der Waals surface area contributed by atoms with Gasteiger partial charge in [-0.25, -0.2) is 9.97 Å². The lowest BCUT2D eigenvalue weighted by Gasteiger charge is -2.14. The molecule has 0 N–H and O–H groups in total. The molecule has 12 aromatic rings. The molecule has 0 fully saturated rings. The molecule has 0 aliphatic heterocycles. The number of hydrogen-bond donors (Lipinski definition) is 0. The van der Waals surface area contributed by atoms with E-state index in [1.807, 2.05) is 11.3 Å². The minimum atomic E-state index is 0.722. The summed E-state index contributed by atoms with van der Waals surface area (Å²) in [6.07, 6.45) is 0. The van der Waals surface area contributed by atoms with Crippen LogP contribution in [-0.2, 0) is 0 Å². The topological polar surface area (TPSA) is 38.9 Å². The zero-order valence-electron chi connectivity index (χ0n) is 30.0. The summed E-state index contributed by atoms with van der Waals surface area (Å²) in [5.41, 5.74) is 9.12. The highest BCUT2D eigenvalue weighted by Crippen LogP contribution is 2.46. The number of hydrogen-bond acceptors (Lipinski definition) is 4. The summed E-state index contributed by atoms with van der Waals surface area (Å²) in [5, 5.41) is 11.7. The van der Waals surface area contributed by atoms with Gasteiger partial charge in [0.1, 0.15) is 11.2 Å². The molecule has 0 saturated carbocycles. The van der Waals surface area contributed by atoms with Crippen molar-refractivity contribution in [1.82, 2.24) is 9.97 Å². The fourth-order valence-electron chi connectivity index (χ4n) is 8.56. The Balaban J connectivity index is 1.12. The molecular weight excluding hydrogens is 701 g/mol. The second kappa shape index (κ2) is 12.2. The maximum atomic E-state index is 6.37. The number of benzene rings is 9. The van der Waals surface area contributed by atoms with E-state index >= 15 is 0 Å². The van der Waals surface area contributed by atoms with Gasteiger partial charge in [-0.1, -0.05) is 133 Å². The van der Waals surface area contributed by atoms with Crippen molar-refractivity contribution in [3.63, 3.8) is 0 Å². The van der Waals surface area contributed by atoms with Crippen LogP contribution in [0.4, 0.5) is 0 Å². The van der Waals surface area contributed by atoms with E-state index in [-0.39, 0.29) is 0 Å². The van der Waals surface area contributed by atoms with Gasteiger partial charge in [-0.3, -0.25) is 0 Å². The second-order valence-corrected chi connectivity index (χ2v) is 15.6. The van der Waals surface area contributed by atoms with Gasteiger partial charge >= 0.3 is 0 Å². The molecule has 0 atom stereocenters. The molecule has 0 aliphatic carbocycles. The van der Waals surface area contributed by atoms with Crippen molar-refractivity contribution in [2.75, 3.05) is 0 Å². The largest absolute Gasteiger partial charge is 0.456 e. The summed E-state index contributed by atoms with van der Waals surface area (Å²) in [6, 6.07) is 64.9. The van der Waals surface area contributed by atoms with Gasteiger partial charge in [-0.2, -0.15) is 0 Å². The zero-order chi connectivity index (χ0) is 36.7. The lowest BCUT2D eigenvalue weighted by molar-refractivity contribution is 0.669. The van der Waals surface area contributed by atoms with Crippen molar-refractivity contribution < 1.29 is 4.42 Å². The molecule has 9 aromatic carbocycles. The smallest absolute Gasteiger partial charge is 0.161 e. The third kappa shape index (κ3) is 4.90. The van der Waals surface area contributed by atoms with Crippen molar-refractivity contribution in [2.45, 2.75) is 0 Å². The Bertz CT molecular complexity index is 3540. The van der Waals surface area contributed by atoms with Gasteiger partial charge in [-0.05, 0) is 92.0 Å². The number of nitrogens with zero attached hydrogens (tertiary/aromatic N) is 2. The van der Waals surface area contributed by atoms with Crippen LogP contribution in [0.5, 0.6) is 0 Å². The Morgan fingerprint density at radius 3 is 1.89 bits per heavy atom. The maximum Gasteiger partial charge on any atom is 0.161 e. The van der Waals surface area contributed by atoms with Crippen LogP contribution in [0.15, 0.2) is 186 Å². The third-order valence-corrected chi connectivity index (χ3v) is 12.4. The molecule has 260 valence electrons. The van der Waals surface area contributed by atoms with Crippen molar-refractivity contribution in [2.24, 2.45) is 0 Å². The van der Waals surface area contributed by atoms with Crippen LogP contribution in [0.25, 0.3) is 119 Å². The van der Waals surface area contributed by atoms with Crippen LogP contribution < -0.4 is 0 Å². The summed E-state index contributed by atoms with van der Waals surface area (Å²) in [5.74, 6) is 0.722. The molecule has 0 aliphatic rings. The Morgan fingerprint density at radius 2 is 1.04 bits per heavy atom. The van der Waals surface area contributed by atoms with Crippen LogP contribution in [0.3, 0.4) is 0 Å². The number of furan rings is 1. The van der Waals surface area contributed by atoms with Gasteiger partial charge < -0.3 is 4.42 Å². The quantitative estimate of drug-likeness (QED) is 0.181. The second-order valence-electron chi connectivity index (χ2n) is 14.5. The minimum Gasteiger partial charge on any atom is -0.456 e. The fourth-order valence-corrected chi connectivity index (χ4v) is 9.70. The van der Waals surface area contributed by atoms with Gasteiger partial charge in [0.05, 0.1) is 11.4 Å². The van der Waals surface area contributed by atoms with Crippen LogP contribution in [0.2, 0.25) is 0 Å². The van der Waals surface area contributed by atoms with E-state index in [1.54, 1.807) is 0 Å². The highest BCUT2D eigenvalue weighted by molar-refractivity contribution is 7.26. The molecule has 4 heteroatoms. The van der Waals surface area contributed by atoms with Gasteiger partial charge in [0.25, 0.3) is 0 Å². The van der Waals surface area contributed by atoms with E-state index in [9.17, 15) is 0 Å². The van der Waals surface area contributed by atoms with Crippen LogP contribution >= 0.6 is 11.3 Å². The highest BCUT2D eigenvalue weighted by Gasteiger charge is 2.21. The standard InChI is InChI=1S/C52H30N2OS/c1-2-12-32(13-3-1)44-30-45(40-20-10-17-31-11-6-8-18-38(31)40)54-52(53-44)51-39-19-9-7-16-37(39)29-49-50(51)43-27-36(22-24-48(43)56-49)35-21-23-46-41(26-35)42-25-33-14-4-5-15-34(33)28-47(42)55-46/h1-30H. The number of fused-ring (bicyclic) bond motifs is 9. The van der Waals surface area contributed by atoms with Crippen molar-refractivity contribution in [1.29, 1.82) is 0 Å². The van der Waals surface area contributed by atoms with E-state index in [4.69, 9.17) is 14.4 Å². The van der Waals surface area contributed by atoms with Crippen molar-refractivity contribution in [3.05, 3.63) is 182 Å². The minimum absolute atomic E-state index is 0.722. The van der Waals surface area contributed by atoms with Crippen LogP contribution in [0.1, 0.15) is 0 Å². The first-order chi connectivity index (χ1) is 27.7. The molecule has 0 amide bonds. The predicted molar refractivity (Wildman–Crippen MR) is 236 cm³/mol. The average molecular weight is 731 g/mol. The first-order valence-electron chi connectivity index (χ1n) is 18.9. The molecule has 3 aromatic heterocycles. The molecule has 0 spiro atoms. The summed E-state index contributed by atoms with van der Waals surface area (Å²) >= 11 is 1.83. The van der Waals surface area contributed by atoms with E-state index in [2.05, 4.69) is 182 Å². The predicted octanol–water partition coefficient (Wildman–Crippen LogP) is 14.9. The van der Waals surface area contributed by atoms with Crippen molar-refractivity contribution in [3.8, 4) is 45.0 Å². The van der Waals surface area contributed by atoms with Gasteiger partial charge in [0.15, 0.2) is 5.82 Å². The summed E-state index contributed by atoms with van der Waals surface area (Å²) in [7, 11) is 0. The van der Waals surface area contributed by atoms with Crippen LogP contribution in [0, 0.1) is 0 Å². The lowest BCUT2D eigenvalue weighted by Crippen LogP contribution is -1.97. The van der Waals surface area contributed by atoms with E-state index < -0.39 is 0 Å². The molecule has 0 saturated heterocycles. The first kappa shape index (κ1) is 31.2. The first-order valence-corrected chi connectivity index (χ1v) is 19.7. The molecule has 0 bridgehead atoms. The molecule has 3 heterocycles. The van der Waals surface area contributed by atoms with Crippen LogP contribution in [-0.4, -0.2) is 9.97 Å². The third-order valence-electron chi connectivity index (χ3n) is 11.2. The molecule has 12 rings (SSSR count). The fraction of sp³-hybridized carbons (Fsp3) is 0. The van der Waals surface area contributed by atoms with Gasteiger partial charge in [0.2, 0.25) is 0 Å². The molecule has 0 radical (unpaired) electrons. The number of thiophene rings is 1. The Morgan fingerprint density at radius 1 is 0.375 bits per heavy atom. The van der Waals surface area contributed by atoms with E-state index in [1.165, 1.54) is 47.1 Å². The Kier molecular flexibility index (Phi) is 6.80. The van der Waals surface area contributed by atoms with Crippen molar-refractivity contribution >= 4 is 85.8 Å². The Hall–Kier alpha value is -7.14. The molecule has 56 heavy (non-hydrogen) atoms. The SMILES string of the molecule is c1ccc(-c2cc(-c3cccc4ccccc34)nc(-c3c4ccccc4cc4sc5ccc(-c6ccc7oc8cc9ccccc9cc8c7c6)cc5c34)n2)cc1. The normalized spacial score (nSPS) is 11.9. The van der Waals surface area contributed by atoms with E-state index in [0.717, 1.165) is 72.4 Å². The monoisotopic (exact) mass is 730 g/mol. The number of aromatic nitrogens is 2. The maximum absolute atomic E-state index is 6.37. The molecular formula is C52H30N2OS. The summed E-state index contributed by atoms with van der Waals surface area (Å²) < 4.78 is 8.82. The van der Waals surface area contributed by atoms with E-state index in [0.29, 0.717) is 0 Å². The zero-order valence-corrected chi connectivity index (χ0v) is 30.8. The highest BCUT2D eigenvalue weighted by atomic mass is 32.1. The average Bonchev–Trinajstić information content (AvgIpc) is 3.81. The molecule has 0 unspecified atom stereocenters.